The molecule has 1 aromatic heterocycles. The first-order valence-corrected chi connectivity index (χ1v) is 6.71. The maximum atomic E-state index is 6.00. The summed E-state index contributed by atoms with van der Waals surface area (Å²) < 4.78 is 0. The Morgan fingerprint density at radius 3 is 2.82 bits per heavy atom. The van der Waals surface area contributed by atoms with E-state index in [9.17, 15) is 0 Å². The maximum Gasteiger partial charge on any atom is 0.123 e. The molecule has 0 radical (unpaired) electrons. The summed E-state index contributed by atoms with van der Waals surface area (Å²) in [5, 5.41) is 5.02. The molecule has 1 atom stereocenters. The van der Waals surface area contributed by atoms with Crippen LogP contribution in [0, 0.1) is 6.92 Å². The lowest BCUT2D eigenvalue weighted by atomic mass is 10.2. The summed E-state index contributed by atoms with van der Waals surface area (Å²) in [5.74, 6) is 0. The molecule has 1 unspecified atom stereocenters. The molecule has 0 aliphatic rings. The van der Waals surface area contributed by atoms with E-state index in [2.05, 4.69) is 17.2 Å². The molecule has 0 bridgehead atoms. The standard InChI is InChI=1S/C13H15ClN2S/c1-8(15-3)12-9(2)16-13(17-12)10-5-4-6-11(14)7-10/h4-8,15H,1-3H3. The van der Waals surface area contributed by atoms with E-state index in [-0.39, 0.29) is 0 Å². The highest BCUT2D eigenvalue weighted by molar-refractivity contribution is 7.15. The average Bonchev–Trinajstić information content (AvgIpc) is 2.70. The minimum atomic E-state index is 0.334. The molecular formula is C13H15ClN2S. The van der Waals surface area contributed by atoms with Crippen LogP contribution in [0.2, 0.25) is 5.02 Å². The van der Waals surface area contributed by atoms with E-state index in [1.165, 1.54) is 4.88 Å². The van der Waals surface area contributed by atoms with Gasteiger partial charge in [0.1, 0.15) is 5.01 Å². The van der Waals surface area contributed by atoms with E-state index < -0.39 is 0 Å². The molecule has 2 rings (SSSR count). The molecule has 2 nitrogen and oxygen atoms in total. The highest BCUT2D eigenvalue weighted by Gasteiger charge is 2.13. The molecule has 1 heterocycles. The predicted octanol–water partition coefficient (Wildman–Crippen LogP) is 4.05. The first-order chi connectivity index (χ1) is 8.11. The second-order valence-electron chi connectivity index (χ2n) is 3.99. The Balaban J connectivity index is 2.41. The number of benzene rings is 1. The van der Waals surface area contributed by atoms with Crippen LogP contribution in [0.1, 0.15) is 23.5 Å². The zero-order valence-corrected chi connectivity index (χ0v) is 11.7. The molecule has 90 valence electrons. The van der Waals surface area contributed by atoms with Crippen molar-refractivity contribution in [2.45, 2.75) is 19.9 Å². The molecule has 0 aliphatic carbocycles. The molecule has 0 spiro atoms. The minimum absolute atomic E-state index is 0.334. The van der Waals surface area contributed by atoms with E-state index in [4.69, 9.17) is 11.6 Å². The van der Waals surface area contributed by atoms with Crippen molar-refractivity contribution in [3.05, 3.63) is 39.9 Å². The number of hydrogen-bond acceptors (Lipinski definition) is 3. The Kier molecular flexibility index (Phi) is 3.82. The molecule has 0 aliphatic heterocycles. The fourth-order valence-corrected chi connectivity index (χ4v) is 3.00. The van der Waals surface area contributed by atoms with Crippen LogP contribution in [-0.2, 0) is 0 Å². The van der Waals surface area contributed by atoms with Gasteiger partial charge in [0.2, 0.25) is 0 Å². The van der Waals surface area contributed by atoms with Crippen molar-refractivity contribution < 1.29 is 0 Å². The molecule has 1 N–H and O–H groups in total. The van der Waals surface area contributed by atoms with Gasteiger partial charge in [-0.25, -0.2) is 4.98 Å². The van der Waals surface area contributed by atoms with E-state index in [0.29, 0.717) is 6.04 Å². The van der Waals surface area contributed by atoms with Crippen molar-refractivity contribution in [2.24, 2.45) is 0 Å². The third-order valence-electron chi connectivity index (χ3n) is 2.73. The van der Waals surface area contributed by atoms with Gasteiger partial charge in [0.15, 0.2) is 0 Å². The van der Waals surface area contributed by atoms with Crippen molar-refractivity contribution >= 4 is 22.9 Å². The smallest absolute Gasteiger partial charge is 0.123 e. The Bertz CT molecular complexity index is 522. The largest absolute Gasteiger partial charge is 0.312 e. The molecule has 0 saturated carbocycles. The fourth-order valence-electron chi connectivity index (χ4n) is 1.69. The SMILES string of the molecule is CNC(C)c1sc(-c2cccc(Cl)c2)nc1C. The van der Waals surface area contributed by atoms with E-state index in [0.717, 1.165) is 21.3 Å². The molecule has 4 heteroatoms. The van der Waals surface area contributed by atoms with Crippen LogP contribution in [0.15, 0.2) is 24.3 Å². The van der Waals surface area contributed by atoms with Crippen molar-refractivity contribution in [1.82, 2.24) is 10.3 Å². The van der Waals surface area contributed by atoms with Crippen LogP contribution < -0.4 is 5.32 Å². The van der Waals surface area contributed by atoms with Gasteiger partial charge < -0.3 is 5.32 Å². The van der Waals surface area contributed by atoms with Crippen LogP contribution in [0.4, 0.5) is 0 Å². The number of rotatable bonds is 3. The zero-order valence-electron chi connectivity index (χ0n) is 10.1. The minimum Gasteiger partial charge on any atom is -0.312 e. The topological polar surface area (TPSA) is 24.9 Å². The van der Waals surface area contributed by atoms with Gasteiger partial charge in [0.05, 0.1) is 5.69 Å². The molecule has 17 heavy (non-hydrogen) atoms. The molecule has 0 fully saturated rings. The van der Waals surface area contributed by atoms with Gasteiger partial charge in [-0.3, -0.25) is 0 Å². The summed E-state index contributed by atoms with van der Waals surface area (Å²) in [4.78, 5) is 5.89. The molecule has 0 amide bonds. The summed E-state index contributed by atoms with van der Waals surface area (Å²) >= 11 is 7.72. The van der Waals surface area contributed by atoms with Crippen LogP contribution in [0.25, 0.3) is 10.6 Å². The monoisotopic (exact) mass is 266 g/mol. The van der Waals surface area contributed by atoms with Crippen molar-refractivity contribution in [3.8, 4) is 10.6 Å². The van der Waals surface area contributed by atoms with Crippen LogP contribution in [0.3, 0.4) is 0 Å². The molecule has 0 saturated heterocycles. The van der Waals surface area contributed by atoms with Crippen LogP contribution >= 0.6 is 22.9 Å². The lowest BCUT2D eigenvalue weighted by Crippen LogP contribution is -2.11. The third-order valence-corrected chi connectivity index (χ3v) is 4.35. The van der Waals surface area contributed by atoms with E-state index in [1.807, 2.05) is 38.2 Å². The van der Waals surface area contributed by atoms with Crippen molar-refractivity contribution in [1.29, 1.82) is 0 Å². The van der Waals surface area contributed by atoms with Gasteiger partial charge in [-0.2, -0.15) is 0 Å². The second-order valence-corrected chi connectivity index (χ2v) is 5.46. The van der Waals surface area contributed by atoms with Gasteiger partial charge in [-0.1, -0.05) is 23.7 Å². The maximum absolute atomic E-state index is 6.00. The summed E-state index contributed by atoms with van der Waals surface area (Å²) in [6.45, 7) is 4.19. The average molecular weight is 267 g/mol. The second kappa shape index (κ2) is 5.17. The van der Waals surface area contributed by atoms with E-state index >= 15 is 0 Å². The van der Waals surface area contributed by atoms with Gasteiger partial charge in [0, 0.05) is 21.5 Å². The summed E-state index contributed by atoms with van der Waals surface area (Å²) in [7, 11) is 1.96. The Morgan fingerprint density at radius 1 is 1.41 bits per heavy atom. The summed E-state index contributed by atoms with van der Waals surface area (Å²) in [6.07, 6.45) is 0. The Morgan fingerprint density at radius 2 is 2.18 bits per heavy atom. The Hall–Kier alpha value is -0.900. The number of hydrogen-bond donors (Lipinski definition) is 1. The molecule has 2 aromatic rings. The number of aromatic nitrogens is 1. The number of nitrogens with zero attached hydrogens (tertiary/aromatic N) is 1. The summed E-state index contributed by atoms with van der Waals surface area (Å²) in [5.41, 5.74) is 2.17. The lowest BCUT2D eigenvalue weighted by molar-refractivity contribution is 0.658. The quantitative estimate of drug-likeness (QED) is 0.907. The first-order valence-electron chi connectivity index (χ1n) is 5.52. The number of halogens is 1. The van der Waals surface area contributed by atoms with Crippen LogP contribution in [-0.4, -0.2) is 12.0 Å². The van der Waals surface area contributed by atoms with Crippen molar-refractivity contribution in [3.63, 3.8) is 0 Å². The lowest BCUT2D eigenvalue weighted by Gasteiger charge is -2.06. The number of aryl methyl sites for hydroxylation is 1. The van der Waals surface area contributed by atoms with Crippen molar-refractivity contribution in [2.75, 3.05) is 7.05 Å². The summed E-state index contributed by atoms with van der Waals surface area (Å²) in [6, 6.07) is 8.16. The number of thiazole rings is 1. The zero-order chi connectivity index (χ0) is 12.4. The van der Waals surface area contributed by atoms with E-state index in [1.54, 1.807) is 11.3 Å². The van der Waals surface area contributed by atoms with Crippen LogP contribution in [0.5, 0.6) is 0 Å². The Labute approximate surface area is 111 Å². The van der Waals surface area contributed by atoms with Gasteiger partial charge >= 0.3 is 0 Å². The predicted molar refractivity (Wildman–Crippen MR) is 74.8 cm³/mol. The number of nitrogens with one attached hydrogen (secondary N) is 1. The van der Waals surface area contributed by atoms with Gasteiger partial charge in [-0.15, -0.1) is 11.3 Å². The normalized spacial score (nSPS) is 12.7. The third kappa shape index (κ3) is 2.68. The molecular weight excluding hydrogens is 252 g/mol. The highest BCUT2D eigenvalue weighted by atomic mass is 35.5. The highest BCUT2D eigenvalue weighted by Crippen LogP contribution is 2.32. The van der Waals surface area contributed by atoms with Gasteiger partial charge in [0.25, 0.3) is 0 Å². The fraction of sp³-hybridized carbons (Fsp3) is 0.308. The first kappa shape index (κ1) is 12.6. The van der Waals surface area contributed by atoms with Gasteiger partial charge in [-0.05, 0) is 33.0 Å². The molecule has 1 aromatic carbocycles.